The van der Waals surface area contributed by atoms with Gasteiger partial charge in [0.25, 0.3) is 0 Å². The average molecular weight is 301 g/mol. The van der Waals surface area contributed by atoms with Crippen LogP contribution in [0.4, 0.5) is 5.69 Å². The van der Waals surface area contributed by atoms with Gasteiger partial charge in [0.2, 0.25) is 5.91 Å². The van der Waals surface area contributed by atoms with E-state index >= 15 is 0 Å². The molecule has 0 aliphatic heterocycles. The van der Waals surface area contributed by atoms with E-state index in [2.05, 4.69) is 37.4 Å². The van der Waals surface area contributed by atoms with Crippen LogP contribution in [0.25, 0.3) is 0 Å². The second-order valence-corrected chi connectivity index (χ2v) is 5.85. The summed E-state index contributed by atoms with van der Waals surface area (Å²) in [4.78, 5) is 13.1. The van der Waals surface area contributed by atoms with Crippen molar-refractivity contribution in [2.24, 2.45) is 0 Å². The second kappa shape index (κ2) is 7.18. The molecule has 2 rings (SSSR count). The van der Waals surface area contributed by atoms with Crippen molar-refractivity contribution in [2.45, 2.75) is 18.7 Å². The molecule has 110 valence electrons. The highest BCUT2D eigenvalue weighted by molar-refractivity contribution is 8.00. The van der Waals surface area contributed by atoms with E-state index < -0.39 is 0 Å². The molecule has 3 nitrogen and oxygen atoms in total. The first-order valence-electron chi connectivity index (χ1n) is 6.72. The highest BCUT2D eigenvalue weighted by atomic mass is 32.2. The molecule has 21 heavy (non-hydrogen) atoms. The first-order valence-corrected chi connectivity index (χ1v) is 7.71. The molecule has 0 aliphatic carbocycles. The van der Waals surface area contributed by atoms with Gasteiger partial charge in [-0.2, -0.15) is 0 Å². The Morgan fingerprint density at radius 1 is 1.19 bits per heavy atom. The van der Waals surface area contributed by atoms with Crippen LogP contribution in [0.2, 0.25) is 0 Å². The number of amides is 1. The molecule has 0 saturated carbocycles. The molecule has 0 atom stereocenters. The molecular formula is C17H19NO2S. The molecule has 0 unspecified atom stereocenters. The van der Waals surface area contributed by atoms with Crippen molar-refractivity contribution in [3.8, 4) is 5.75 Å². The molecular weight excluding hydrogens is 282 g/mol. The quantitative estimate of drug-likeness (QED) is 0.847. The van der Waals surface area contributed by atoms with E-state index in [0.717, 1.165) is 16.3 Å². The first kappa shape index (κ1) is 15.4. The number of hydrogen-bond acceptors (Lipinski definition) is 3. The lowest BCUT2D eigenvalue weighted by atomic mass is 10.2. The number of benzene rings is 2. The fourth-order valence-electron chi connectivity index (χ4n) is 2.00. The maximum atomic E-state index is 12.0. The molecule has 0 heterocycles. The Balaban J connectivity index is 1.92. The van der Waals surface area contributed by atoms with Crippen LogP contribution in [-0.2, 0) is 4.79 Å². The standard InChI is InChI=1S/C17H19NO2S/c1-12-7-8-16(13(2)9-12)21-11-17(19)18-14-5-4-6-15(10-14)20-3/h4-10H,11H2,1-3H3,(H,18,19). The summed E-state index contributed by atoms with van der Waals surface area (Å²) in [5.41, 5.74) is 3.19. The van der Waals surface area contributed by atoms with E-state index in [1.54, 1.807) is 24.9 Å². The van der Waals surface area contributed by atoms with Crippen LogP contribution < -0.4 is 10.1 Å². The van der Waals surface area contributed by atoms with E-state index in [9.17, 15) is 4.79 Å². The van der Waals surface area contributed by atoms with Crippen LogP contribution in [-0.4, -0.2) is 18.8 Å². The molecule has 2 aromatic carbocycles. The number of ether oxygens (including phenoxy) is 1. The summed E-state index contributed by atoms with van der Waals surface area (Å²) in [5.74, 6) is 1.10. The van der Waals surface area contributed by atoms with Crippen molar-refractivity contribution in [1.82, 2.24) is 0 Å². The van der Waals surface area contributed by atoms with Crippen LogP contribution in [0, 0.1) is 13.8 Å². The van der Waals surface area contributed by atoms with E-state index in [0.29, 0.717) is 5.75 Å². The predicted octanol–water partition coefficient (Wildman–Crippen LogP) is 4.04. The third-order valence-corrected chi connectivity index (χ3v) is 4.22. The minimum atomic E-state index is -0.0202. The molecule has 1 amide bonds. The molecule has 0 aliphatic rings. The Morgan fingerprint density at radius 3 is 2.71 bits per heavy atom. The van der Waals surface area contributed by atoms with Gasteiger partial charge in [-0.1, -0.05) is 23.8 Å². The smallest absolute Gasteiger partial charge is 0.234 e. The minimum absolute atomic E-state index is 0.0202. The average Bonchev–Trinajstić information content (AvgIpc) is 2.46. The van der Waals surface area contributed by atoms with Crippen molar-refractivity contribution in [1.29, 1.82) is 0 Å². The topological polar surface area (TPSA) is 38.3 Å². The summed E-state index contributed by atoms with van der Waals surface area (Å²) < 4.78 is 5.14. The van der Waals surface area contributed by atoms with Crippen LogP contribution in [0.5, 0.6) is 5.75 Å². The van der Waals surface area contributed by atoms with Gasteiger partial charge in [0.1, 0.15) is 5.75 Å². The lowest BCUT2D eigenvalue weighted by Gasteiger charge is -2.08. The number of thioether (sulfide) groups is 1. The van der Waals surface area contributed by atoms with Crippen molar-refractivity contribution >= 4 is 23.4 Å². The summed E-state index contributed by atoms with van der Waals surface area (Å²) in [7, 11) is 1.61. The van der Waals surface area contributed by atoms with Crippen LogP contribution in [0.3, 0.4) is 0 Å². The summed E-state index contributed by atoms with van der Waals surface area (Å²) in [6.45, 7) is 4.13. The van der Waals surface area contributed by atoms with Crippen LogP contribution >= 0.6 is 11.8 Å². The normalized spacial score (nSPS) is 10.2. The zero-order valence-corrected chi connectivity index (χ0v) is 13.3. The number of anilines is 1. The van der Waals surface area contributed by atoms with Gasteiger partial charge >= 0.3 is 0 Å². The fourth-order valence-corrected chi connectivity index (χ4v) is 2.81. The van der Waals surface area contributed by atoms with Gasteiger partial charge in [0.15, 0.2) is 0 Å². The van der Waals surface area contributed by atoms with Gasteiger partial charge in [0, 0.05) is 16.6 Å². The minimum Gasteiger partial charge on any atom is -0.497 e. The lowest BCUT2D eigenvalue weighted by molar-refractivity contribution is -0.113. The second-order valence-electron chi connectivity index (χ2n) is 4.84. The fraction of sp³-hybridized carbons (Fsp3) is 0.235. The molecule has 4 heteroatoms. The molecule has 0 saturated heterocycles. The van der Waals surface area contributed by atoms with E-state index in [4.69, 9.17) is 4.74 Å². The van der Waals surface area contributed by atoms with Gasteiger partial charge in [-0.25, -0.2) is 0 Å². The largest absolute Gasteiger partial charge is 0.497 e. The SMILES string of the molecule is COc1cccc(NC(=O)CSc2ccc(C)cc2C)c1. The molecule has 0 radical (unpaired) electrons. The Morgan fingerprint density at radius 2 is 2.00 bits per heavy atom. The number of nitrogens with one attached hydrogen (secondary N) is 1. The summed E-state index contributed by atoms with van der Waals surface area (Å²) in [5, 5.41) is 2.88. The van der Waals surface area contributed by atoms with Crippen molar-refractivity contribution in [3.63, 3.8) is 0 Å². The Hall–Kier alpha value is -1.94. The summed E-state index contributed by atoms with van der Waals surface area (Å²) in [6, 6.07) is 13.6. The molecule has 0 spiro atoms. The van der Waals surface area contributed by atoms with Crippen molar-refractivity contribution in [2.75, 3.05) is 18.2 Å². The maximum Gasteiger partial charge on any atom is 0.234 e. The summed E-state index contributed by atoms with van der Waals surface area (Å²) in [6.07, 6.45) is 0. The van der Waals surface area contributed by atoms with E-state index in [-0.39, 0.29) is 5.91 Å². The van der Waals surface area contributed by atoms with Gasteiger partial charge < -0.3 is 10.1 Å². The van der Waals surface area contributed by atoms with Crippen LogP contribution in [0.1, 0.15) is 11.1 Å². The maximum absolute atomic E-state index is 12.0. The number of carbonyl (C=O) groups excluding carboxylic acids is 1. The molecule has 0 aromatic heterocycles. The third kappa shape index (κ3) is 4.53. The van der Waals surface area contributed by atoms with E-state index in [1.165, 1.54) is 11.1 Å². The molecule has 2 aromatic rings. The summed E-state index contributed by atoms with van der Waals surface area (Å²) >= 11 is 1.55. The van der Waals surface area contributed by atoms with Gasteiger partial charge in [-0.05, 0) is 37.6 Å². The Bertz CT molecular complexity index is 640. The number of carbonyl (C=O) groups is 1. The number of aryl methyl sites for hydroxylation is 2. The molecule has 0 bridgehead atoms. The van der Waals surface area contributed by atoms with Gasteiger partial charge in [0.05, 0.1) is 12.9 Å². The third-order valence-electron chi connectivity index (χ3n) is 3.04. The monoisotopic (exact) mass is 301 g/mol. The van der Waals surface area contributed by atoms with Gasteiger partial charge in [-0.15, -0.1) is 11.8 Å². The molecule has 1 N–H and O–H groups in total. The lowest BCUT2D eigenvalue weighted by Crippen LogP contribution is -2.14. The Kier molecular flexibility index (Phi) is 5.28. The number of hydrogen-bond donors (Lipinski definition) is 1. The Labute approximate surface area is 129 Å². The van der Waals surface area contributed by atoms with E-state index in [1.807, 2.05) is 18.2 Å². The number of rotatable bonds is 5. The highest BCUT2D eigenvalue weighted by Crippen LogP contribution is 2.23. The molecule has 0 fully saturated rings. The van der Waals surface area contributed by atoms with Gasteiger partial charge in [-0.3, -0.25) is 4.79 Å². The van der Waals surface area contributed by atoms with Crippen LogP contribution in [0.15, 0.2) is 47.4 Å². The zero-order valence-electron chi connectivity index (χ0n) is 12.5. The first-order chi connectivity index (χ1) is 10.1. The van der Waals surface area contributed by atoms with Crippen molar-refractivity contribution in [3.05, 3.63) is 53.6 Å². The predicted molar refractivity (Wildman–Crippen MR) is 88.3 cm³/mol. The number of methoxy groups -OCH3 is 1. The highest BCUT2D eigenvalue weighted by Gasteiger charge is 2.06. The van der Waals surface area contributed by atoms with Crippen molar-refractivity contribution < 1.29 is 9.53 Å². The zero-order chi connectivity index (χ0) is 15.2.